The summed E-state index contributed by atoms with van der Waals surface area (Å²) in [4.78, 5) is 29.0. The summed E-state index contributed by atoms with van der Waals surface area (Å²) in [6.45, 7) is 0.820. The molecule has 1 aliphatic heterocycles. The van der Waals surface area contributed by atoms with Crippen molar-refractivity contribution >= 4 is 39.9 Å². The van der Waals surface area contributed by atoms with Gasteiger partial charge in [-0.1, -0.05) is 11.6 Å². The van der Waals surface area contributed by atoms with Gasteiger partial charge in [0.15, 0.2) is 0 Å². The number of fused-ring (bicyclic) bond motifs is 1. The Hall–Kier alpha value is -2.34. The van der Waals surface area contributed by atoms with Crippen molar-refractivity contribution in [1.29, 1.82) is 0 Å². The van der Waals surface area contributed by atoms with E-state index in [9.17, 15) is 9.59 Å². The summed E-state index contributed by atoms with van der Waals surface area (Å²) in [7, 11) is 0. The molecule has 114 valence electrons. The van der Waals surface area contributed by atoms with Crippen LogP contribution in [0.15, 0.2) is 24.4 Å². The Balaban J connectivity index is 1.91. The van der Waals surface area contributed by atoms with Crippen LogP contribution in [0, 0.1) is 5.92 Å². The predicted octanol–water partition coefficient (Wildman–Crippen LogP) is 1.30. The van der Waals surface area contributed by atoms with Gasteiger partial charge in [-0.25, -0.2) is 4.98 Å². The Labute approximate surface area is 132 Å². The highest BCUT2D eigenvalue weighted by atomic mass is 35.5. The molecular formula is C15H15ClN4O2. The molecule has 1 saturated heterocycles. The number of aromatic nitrogens is 1. The van der Waals surface area contributed by atoms with Crippen molar-refractivity contribution in [2.45, 2.75) is 13.0 Å². The molecule has 0 saturated carbocycles. The normalized spacial score (nSPS) is 18.1. The molecule has 0 aliphatic carbocycles. The minimum Gasteiger partial charge on any atom is -0.398 e. The first-order valence-electron chi connectivity index (χ1n) is 6.88. The van der Waals surface area contributed by atoms with Gasteiger partial charge in [-0.3, -0.25) is 9.59 Å². The summed E-state index contributed by atoms with van der Waals surface area (Å²) in [6, 6.07) is 5.47. The van der Waals surface area contributed by atoms with Crippen LogP contribution in [0.1, 0.15) is 12.0 Å². The number of carbonyl (C=O) groups is 2. The van der Waals surface area contributed by atoms with E-state index < -0.39 is 11.8 Å². The number of nitrogen functional groups attached to an aromatic ring is 1. The zero-order valence-electron chi connectivity index (χ0n) is 11.8. The van der Waals surface area contributed by atoms with Gasteiger partial charge in [-0.15, -0.1) is 0 Å². The Bertz CT molecular complexity index is 777. The van der Waals surface area contributed by atoms with E-state index in [0.717, 1.165) is 16.3 Å². The van der Waals surface area contributed by atoms with Crippen LogP contribution in [-0.4, -0.2) is 28.2 Å². The number of amides is 2. The van der Waals surface area contributed by atoms with Crippen LogP contribution >= 0.6 is 11.6 Å². The van der Waals surface area contributed by atoms with E-state index in [-0.39, 0.29) is 5.91 Å². The molecule has 6 nitrogen and oxygen atoms in total. The number of nitrogens with two attached hydrogens (primary N) is 2. The van der Waals surface area contributed by atoms with Gasteiger partial charge < -0.3 is 16.4 Å². The molecular weight excluding hydrogens is 304 g/mol. The quantitative estimate of drug-likeness (QED) is 0.506. The summed E-state index contributed by atoms with van der Waals surface area (Å²) in [5, 5.41) is 2.07. The average Bonchev–Trinajstić information content (AvgIpc) is 2.82. The maximum atomic E-state index is 12.1. The fourth-order valence-corrected chi connectivity index (χ4v) is 2.97. The molecule has 0 unspecified atom stereocenters. The monoisotopic (exact) mass is 318 g/mol. The zero-order valence-corrected chi connectivity index (χ0v) is 12.5. The Morgan fingerprint density at radius 3 is 2.91 bits per heavy atom. The summed E-state index contributed by atoms with van der Waals surface area (Å²) in [5.41, 5.74) is 12.6. The van der Waals surface area contributed by atoms with Gasteiger partial charge in [0.25, 0.3) is 0 Å². The number of likely N-dealkylation sites (tertiary alicyclic amines) is 1. The van der Waals surface area contributed by atoms with E-state index in [4.69, 9.17) is 23.1 Å². The second kappa shape index (κ2) is 5.46. The zero-order chi connectivity index (χ0) is 15.9. The van der Waals surface area contributed by atoms with Crippen LogP contribution in [0.4, 0.5) is 5.69 Å². The summed E-state index contributed by atoms with van der Waals surface area (Å²) < 4.78 is 0. The third-order valence-corrected chi connectivity index (χ3v) is 4.28. The number of nitrogens with zero attached hydrogens (tertiary/aromatic N) is 2. The first-order chi connectivity index (χ1) is 10.5. The molecule has 1 aromatic carbocycles. The number of pyridine rings is 1. The lowest BCUT2D eigenvalue weighted by molar-refractivity contribution is -0.136. The maximum Gasteiger partial charge on any atom is 0.235 e. The number of benzene rings is 1. The molecule has 1 aliphatic rings. The van der Waals surface area contributed by atoms with Crippen molar-refractivity contribution in [2.75, 3.05) is 12.3 Å². The predicted molar refractivity (Wildman–Crippen MR) is 83.9 cm³/mol. The molecule has 2 aromatic rings. The van der Waals surface area contributed by atoms with Crippen LogP contribution in [-0.2, 0) is 16.1 Å². The van der Waals surface area contributed by atoms with E-state index in [2.05, 4.69) is 4.98 Å². The second-order valence-electron chi connectivity index (χ2n) is 5.38. The van der Waals surface area contributed by atoms with Crippen molar-refractivity contribution in [3.05, 3.63) is 35.1 Å². The van der Waals surface area contributed by atoms with Crippen LogP contribution in [0.2, 0.25) is 5.15 Å². The fourth-order valence-electron chi connectivity index (χ4n) is 2.75. The molecule has 22 heavy (non-hydrogen) atoms. The average molecular weight is 319 g/mol. The van der Waals surface area contributed by atoms with Gasteiger partial charge in [0, 0.05) is 30.4 Å². The van der Waals surface area contributed by atoms with E-state index in [1.165, 1.54) is 0 Å². The van der Waals surface area contributed by atoms with Crippen LogP contribution in [0.5, 0.6) is 0 Å². The van der Waals surface area contributed by atoms with Crippen LogP contribution in [0.25, 0.3) is 10.8 Å². The van der Waals surface area contributed by atoms with Crippen molar-refractivity contribution < 1.29 is 9.59 Å². The Morgan fingerprint density at radius 2 is 2.23 bits per heavy atom. The third kappa shape index (κ3) is 2.46. The Morgan fingerprint density at radius 1 is 1.45 bits per heavy atom. The highest BCUT2D eigenvalue weighted by Gasteiger charge is 2.35. The highest BCUT2D eigenvalue weighted by molar-refractivity contribution is 6.34. The molecule has 2 amide bonds. The number of carbonyl (C=O) groups excluding carboxylic acids is 2. The molecule has 2 heterocycles. The number of anilines is 1. The molecule has 1 aromatic heterocycles. The lowest BCUT2D eigenvalue weighted by Gasteiger charge is -2.18. The molecule has 1 atom stereocenters. The number of halogens is 1. The second-order valence-corrected chi connectivity index (χ2v) is 5.74. The first-order valence-corrected chi connectivity index (χ1v) is 7.26. The molecule has 7 heteroatoms. The van der Waals surface area contributed by atoms with Crippen molar-refractivity contribution in [3.63, 3.8) is 0 Å². The summed E-state index contributed by atoms with van der Waals surface area (Å²) in [6.07, 6.45) is 2.06. The van der Waals surface area contributed by atoms with Crippen molar-refractivity contribution in [3.8, 4) is 0 Å². The highest BCUT2D eigenvalue weighted by Crippen LogP contribution is 2.28. The first kappa shape index (κ1) is 14.6. The van der Waals surface area contributed by atoms with Crippen molar-refractivity contribution in [2.24, 2.45) is 11.7 Å². The number of hydrogen-bond donors (Lipinski definition) is 2. The molecule has 0 bridgehead atoms. The summed E-state index contributed by atoms with van der Waals surface area (Å²) in [5.74, 6) is -1.55. The van der Waals surface area contributed by atoms with Gasteiger partial charge in [-0.2, -0.15) is 0 Å². The van der Waals surface area contributed by atoms with Gasteiger partial charge in [0.05, 0.1) is 0 Å². The smallest absolute Gasteiger partial charge is 0.235 e. The number of hydrogen-bond acceptors (Lipinski definition) is 4. The molecule has 1 fully saturated rings. The lowest BCUT2D eigenvalue weighted by Crippen LogP contribution is -2.33. The minimum absolute atomic E-state index is 0.246. The van der Waals surface area contributed by atoms with Gasteiger partial charge in [0.1, 0.15) is 11.1 Å². The van der Waals surface area contributed by atoms with Crippen molar-refractivity contribution in [1.82, 2.24) is 9.88 Å². The number of rotatable bonds is 3. The van der Waals surface area contributed by atoms with Gasteiger partial charge >= 0.3 is 0 Å². The third-order valence-electron chi connectivity index (χ3n) is 3.98. The SMILES string of the molecule is NC(=O)[C@@H]1CCN(Cc2cc3c(Cl)nccc3cc2N)C1=O. The molecule has 0 radical (unpaired) electrons. The van der Waals surface area contributed by atoms with Gasteiger partial charge in [0.2, 0.25) is 11.8 Å². The van der Waals surface area contributed by atoms with E-state index >= 15 is 0 Å². The molecule has 0 spiro atoms. The maximum absolute atomic E-state index is 12.1. The van der Waals surface area contributed by atoms with E-state index in [0.29, 0.717) is 30.4 Å². The lowest BCUT2D eigenvalue weighted by atomic mass is 10.1. The van der Waals surface area contributed by atoms with E-state index in [1.54, 1.807) is 11.1 Å². The summed E-state index contributed by atoms with van der Waals surface area (Å²) >= 11 is 6.10. The van der Waals surface area contributed by atoms with Crippen LogP contribution < -0.4 is 11.5 Å². The van der Waals surface area contributed by atoms with Gasteiger partial charge in [-0.05, 0) is 35.6 Å². The molecule has 4 N–H and O–H groups in total. The van der Waals surface area contributed by atoms with Crippen LogP contribution in [0.3, 0.4) is 0 Å². The largest absolute Gasteiger partial charge is 0.398 e. The Kier molecular flexibility index (Phi) is 3.62. The molecule has 3 rings (SSSR count). The van der Waals surface area contributed by atoms with E-state index in [1.807, 2.05) is 18.2 Å². The standard InChI is InChI=1S/C15H15ClN4O2/c16-13-11-5-9(12(17)6-8(11)1-3-19-13)7-20-4-2-10(14(18)21)15(20)22/h1,3,5-6,10H,2,4,7,17H2,(H2,18,21)/t10-/m0/s1. The minimum atomic E-state index is -0.730. The topological polar surface area (TPSA) is 102 Å². The fraction of sp³-hybridized carbons (Fsp3) is 0.267. The number of primary amides is 1.